The minimum Gasteiger partial charge on any atom is -0.480 e. The molecule has 1 aromatic rings. The van der Waals surface area contributed by atoms with E-state index in [0.29, 0.717) is 13.2 Å². The lowest BCUT2D eigenvalue weighted by molar-refractivity contribution is -0.135. The van der Waals surface area contributed by atoms with E-state index < -0.39 is 26.9 Å². The van der Waals surface area contributed by atoms with Crippen molar-refractivity contribution in [2.75, 3.05) is 18.5 Å². The van der Waals surface area contributed by atoms with Crippen LogP contribution >= 0.6 is 0 Å². The Kier molecular flexibility index (Phi) is 6.44. The van der Waals surface area contributed by atoms with Crippen molar-refractivity contribution in [1.82, 2.24) is 10.6 Å². The molecule has 0 aromatic heterocycles. The van der Waals surface area contributed by atoms with Crippen molar-refractivity contribution in [2.24, 2.45) is 0 Å². The van der Waals surface area contributed by atoms with E-state index in [1.807, 2.05) is 18.2 Å². The third-order valence-corrected chi connectivity index (χ3v) is 10.8. The number of hydrogen-bond acceptors (Lipinski definition) is 5. The Morgan fingerprint density at radius 2 is 2.03 bits per heavy atom. The van der Waals surface area contributed by atoms with Gasteiger partial charge in [0.25, 0.3) is 0 Å². The molecule has 1 fully saturated rings. The number of benzene rings is 1. The van der Waals surface area contributed by atoms with E-state index in [0.717, 1.165) is 23.2 Å². The first-order valence-corrected chi connectivity index (χ1v) is 13.3. The highest BCUT2D eigenvalue weighted by Crippen LogP contribution is 2.43. The number of fused-ring (bicyclic) bond motifs is 4. The van der Waals surface area contributed by atoms with Crippen LogP contribution in [0.2, 0.25) is 18.1 Å². The average Bonchev–Trinajstić information content (AvgIpc) is 2.66. The molecule has 9 heteroatoms. The van der Waals surface area contributed by atoms with Gasteiger partial charge in [0.2, 0.25) is 0 Å². The molecule has 1 aromatic carbocycles. The summed E-state index contributed by atoms with van der Waals surface area (Å²) in [5.74, 6) is -1.08. The van der Waals surface area contributed by atoms with Crippen molar-refractivity contribution in [1.29, 1.82) is 0 Å². The molecule has 2 aliphatic heterocycles. The number of ether oxygens (including phenoxy) is 1. The summed E-state index contributed by atoms with van der Waals surface area (Å²) in [6.45, 7) is 11.7. The van der Waals surface area contributed by atoms with E-state index in [1.54, 1.807) is 0 Å². The molecule has 0 unspecified atom stereocenters. The van der Waals surface area contributed by atoms with E-state index in [-0.39, 0.29) is 23.3 Å². The molecule has 2 aliphatic rings. The molecule has 0 radical (unpaired) electrons. The molecule has 166 valence electrons. The summed E-state index contributed by atoms with van der Waals surface area (Å²) in [5, 5.41) is 17.4. The average molecular weight is 436 g/mol. The molecule has 0 aliphatic carbocycles. The van der Waals surface area contributed by atoms with Crippen LogP contribution in [0.25, 0.3) is 0 Å². The highest BCUT2D eigenvalue weighted by molar-refractivity contribution is 6.74. The van der Waals surface area contributed by atoms with Gasteiger partial charge in [-0.3, -0.25) is 4.79 Å². The summed E-state index contributed by atoms with van der Waals surface area (Å²) in [5.41, 5.74) is 3.06. The molecule has 3 atom stereocenters. The number of carbonyl (C=O) groups excluding carboxylic acids is 1. The maximum atomic E-state index is 11.7. The topological polar surface area (TPSA) is 109 Å². The molecule has 8 nitrogen and oxygen atoms in total. The van der Waals surface area contributed by atoms with Crippen LogP contribution in [-0.2, 0) is 20.5 Å². The molecular weight excluding hydrogens is 402 g/mol. The highest BCUT2D eigenvalue weighted by Gasteiger charge is 2.44. The predicted octanol–water partition coefficient (Wildman–Crippen LogP) is 3.22. The second kappa shape index (κ2) is 8.56. The molecule has 3 rings (SSSR count). The second-order valence-electron chi connectivity index (χ2n) is 9.58. The number of carbonyl (C=O) groups is 2. The van der Waals surface area contributed by atoms with Gasteiger partial charge in [0.05, 0.1) is 24.9 Å². The van der Waals surface area contributed by atoms with Crippen LogP contribution in [0.15, 0.2) is 18.2 Å². The quantitative estimate of drug-likeness (QED) is 0.511. The van der Waals surface area contributed by atoms with Crippen molar-refractivity contribution in [3.8, 4) is 0 Å². The summed E-state index contributed by atoms with van der Waals surface area (Å²) in [7, 11) is -1.89. The van der Waals surface area contributed by atoms with Crippen molar-refractivity contribution in [3.05, 3.63) is 29.3 Å². The molecule has 2 amide bonds. The number of amides is 2. The van der Waals surface area contributed by atoms with Crippen molar-refractivity contribution in [3.63, 3.8) is 0 Å². The van der Waals surface area contributed by atoms with Crippen LogP contribution in [0.3, 0.4) is 0 Å². The Bertz CT molecular complexity index is 808. The number of carboxylic acid groups (broad SMARTS) is 1. The van der Waals surface area contributed by atoms with E-state index in [9.17, 15) is 9.59 Å². The molecule has 1 saturated heterocycles. The summed E-state index contributed by atoms with van der Waals surface area (Å²) < 4.78 is 12.8. The molecule has 0 saturated carbocycles. The fraction of sp³-hybridized carbons (Fsp3) is 0.619. The zero-order chi connectivity index (χ0) is 22.1. The Morgan fingerprint density at radius 1 is 1.30 bits per heavy atom. The first-order chi connectivity index (χ1) is 14.0. The number of carboxylic acids is 1. The number of rotatable bonds is 6. The summed E-state index contributed by atoms with van der Waals surface area (Å²) >= 11 is 0. The van der Waals surface area contributed by atoms with Gasteiger partial charge in [-0.25, -0.2) is 4.79 Å². The van der Waals surface area contributed by atoms with Gasteiger partial charge >= 0.3 is 12.0 Å². The van der Waals surface area contributed by atoms with E-state index in [2.05, 4.69) is 49.8 Å². The van der Waals surface area contributed by atoms with E-state index >= 15 is 0 Å². The Hall–Kier alpha value is -2.10. The first-order valence-electron chi connectivity index (χ1n) is 10.4. The Morgan fingerprint density at radius 3 is 2.70 bits per heavy atom. The van der Waals surface area contributed by atoms with Gasteiger partial charge in [0.15, 0.2) is 8.32 Å². The zero-order valence-electron chi connectivity index (χ0n) is 18.4. The Balaban J connectivity index is 1.63. The minimum atomic E-state index is -1.89. The minimum absolute atomic E-state index is 0.00584. The van der Waals surface area contributed by atoms with Crippen LogP contribution in [0.5, 0.6) is 0 Å². The molecule has 2 bridgehead atoms. The maximum absolute atomic E-state index is 11.7. The van der Waals surface area contributed by atoms with Crippen LogP contribution in [0, 0.1) is 0 Å². The van der Waals surface area contributed by atoms with Crippen molar-refractivity contribution in [2.45, 2.75) is 70.1 Å². The third kappa shape index (κ3) is 5.14. The Labute approximate surface area is 178 Å². The van der Waals surface area contributed by atoms with Crippen LogP contribution < -0.4 is 16.0 Å². The number of urea groups is 1. The van der Waals surface area contributed by atoms with Gasteiger partial charge in [-0.2, -0.15) is 0 Å². The smallest absolute Gasteiger partial charge is 0.323 e. The van der Waals surface area contributed by atoms with E-state index in [4.69, 9.17) is 14.3 Å². The van der Waals surface area contributed by atoms with Gasteiger partial charge in [-0.1, -0.05) is 26.8 Å². The largest absolute Gasteiger partial charge is 0.480 e. The van der Waals surface area contributed by atoms with Crippen LogP contribution in [0.1, 0.15) is 44.4 Å². The monoisotopic (exact) mass is 435 g/mol. The zero-order valence-corrected chi connectivity index (χ0v) is 19.4. The first kappa shape index (κ1) is 22.6. The van der Waals surface area contributed by atoms with Gasteiger partial charge in [0.1, 0.15) is 6.54 Å². The number of anilines is 1. The van der Waals surface area contributed by atoms with Gasteiger partial charge in [-0.05, 0) is 35.8 Å². The van der Waals surface area contributed by atoms with Crippen LogP contribution in [-0.4, -0.2) is 50.7 Å². The molecule has 30 heavy (non-hydrogen) atoms. The number of aliphatic carboxylic acids is 1. The lowest BCUT2D eigenvalue weighted by atomic mass is 9.89. The fourth-order valence-corrected chi connectivity index (χ4v) is 4.88. The van der Waals surface area contributed by atoms with Gasteiger partial charge in [-0.15, -0.1) is 0 Å². The normalized spacial score (nSPS) is 23.2. The van der Waals surface area contributed by atoms with Crippen molar-refractivity contribution < 1.29 is 23.9 Å². The fourth-order valence-electron chi connectivity index (χ4n) is 3.54. The number of nitrogens with one attached hydrogen (secondary N) is 3. The number of hydrogen-bond donors (Lipinski definition) is 4. The van der Waals surface area contributed by atoms with Gasteiger partial charge in [0, 0.05) is 24.2 Å². The molecule has 4 N–H and O–H groups in total. The molecular formula is C21H33N3O5Si. The van der Waals surface area contributed by atoms with Gasteiger partial charge < -0.3 is 30.2 Å². The van der Waals surface area contributed by atoms with E-state index in [1.165, 1.54) is 0 Å². The van der Waals surface area contributed by atoms with Crippen LogP contribution in [0.4, 0.5) is 10.5 Å². The standard InChI is InChI=1S/C21H33N3O5Si/c1-21(2,3)30(4,5)29-18-12-28-17-9-16(18)24-15-7-6-13(8-14(15)17)10-22-20(27)23-11-19(25)26/h6-8,16-18,24H,9-12H2,1-5H3,(H,25,26)(H2,22,23,27)/t16-,17+,18+/m0/s1. The lowest BCUT2D eigenvalue weighted by Gasteiger charge is -2.47. The summed E-state index contributed by atoms with van der Waals surface area (Å²) in [6, 6.07) is 5.71. The second-order valence-corrected chi connectivity index (χ2v) is 14.3. The third-order valence-electron chi connectivity index (χ3n) is 6.29. The summed E-state index contributed by atoms with van der Waals surface area (Å²) in [4.78, 5) is 22.2. The molecule has 0 spiro atoms. The maximum Gasteiger partial charge on any atom is 0.323 e. The lowest BCUT2D eigenvalue weighted by Crippen LogP contribution is -2.54. The predicted molar refractivity (Wildman–Crippen MR) is 117 cm³/mol. The van der Waals surface area contributed by atoms with Crippen molar-refractivity contribution >= 4 is 26.0 Å². The summed E-state index contributed by atoms with van der Waals surface area (Å²) in [6.07, 6.45) is 0.892. The molecule has 2 heterocycles. The highest BCUT2D eigenvalue weighted by atomic mass is 28.4. The SMILES string of the molecule is CC(C)(C)[Si](C)(C)O[C@@H]1CO[C@@H]2C[C@@H]1Nc1ccc(CNC(=O)NCC(=O)O)cc12.